The predicted molar refractivity (Wildman–Crippen MR) is 130 cm³/mol. The first kappa shape index (κ1) is 23.7. The summed E-state index contributed by atoms with van der Waals surface area (Å²) in [6.07, 6.45) is 5.94. The van der Waals surface area contributed by atoms with Crippen LogP contribution in [0.25, 0.3) is 22.8 Å². The van der Waals surface area contributed by atoms with Gasteiger partial charge in [0.25, 0.3) is 0 Å². The summed E-state index contributed by atoms with van der Waals surface area (Å²) in [5, 5.41) is 15.6. The lowest BCUT2D eigenvalue weighted by Gasteiger charge is -2.37. The molecular formula is C25H23F2N7O2S. The Morgan fingerprint density at radius 3 is 2.57 bits per heavy atom. The van der Waals surface area contributed by atoms with Crippen molar-refractivity contribution in [2.24, 2.45) is 5.41 Å². The third-order valence-electron chi connectivity index (χ3n) is 7.83. The molecule has 2 atom stereocenters. The minimum Gasteiger partial charge on any atom is -0.262 e. The SMILES string of the molecule is CC1(C)[C@H]2CC[C@]1(c1cncc(-c3n[nH]c(CS(C)(=O)=O)n3)n1)c1nnc(-c3c(F)cccc3F)cc12. The van der Waals surface area contributed by atoms with Crippen molar-refractivity contribution in [3.8, 4) is 22.8 Å². The zero-order valence-corrected chi connectivity index (χ0v) is 21.1. The van der Waals surface area contributed by atoms with Gasteiger partial charge in [-0.3, -0.25) is 10.1 Å². The molecule has 1 fully saturated rings. The number of aromatic nitrogens is 7. The lowest BCUT2D eigenvalue weighted by Crippen LogP contribution is -2.38. The Bertz CT molecular complexity index is 1650. The van der Waals surface area contributed by atoms with E-state index in [0.29, 0.717) is 11.4 Å². The molecule has 9 nitrogen and oxygen atoms in total. The Hall–Kier alpha value is -3.67. The highest BCUT2D eigenvalue weighted by Gasteiger charge is 2.65. The second kappa shape index (κ2) is 7.91. The van der Waals surface area contributed by atoms with Gasteiger partial charge >= 0.3 is 0 Å². The summed E-state index contributed by atoms with van der Waals surface area (Å²) in [5.74, 6) is -1.10. The number of hydrogen-bond acceptors (Lipinski definition) is 8. The number of nitrogens with one attached hydrogen (secondary N) is 1. The van der Waals surface area contributed by atoms with Crippen molar-refractivity contribution in [1.29, 1.82) is 0 Å². The van der Waals surface area contributed by atoms with Crippen LogP contribution in [-0.2, 0) is 21.0 Å². The van der Waals surface area contributed by atoms with E-state index in [1.54, 1.807) is 12.3 Å². The molecule has 1 saturated carbocycles. The first-order valence-corrected chi connectivity index (χ1v) is 13.8. The van der Waals surface area contributed by atoms with Crippen molar-refractivity contribution in [1.82, 2.24) is 35.3 Å². The quantitative estimate of drug-likeness (QED) is 0.419. The van der Waals surface area contributed by atoms with E-state index >= 15 is 0 Å². The van der Waals surface area contributed by atoms with Crippen LogP contribution in [0.5, 0.6) is 0 Å². The highest BCUT2D eigenvalue weighted by atomic mass is 32.2. The van der Waals surface area contributed by atoms with Crippen molar-refractivity contribution < 1.29 is 17.2 Å². The molecule has 0 saturated heterocycles. The Kier molecular flexibility index (Phi) is 5.07. The van der Waals surface area contributed by atoms with E-state index in [2.05, 4.69) is 44.2 Å². The molecule has 190 valence electrons. The fraction of sp³-hybridized carbons (Fsp3) is 0.360. The van der Waals surface area contributed by atoms with Gasteiger partial charge in [-0.1, -0.05) is 19.9 Å². The first-order valence-electron chi connectivity index (χ1n) is 11.8. The number of H-pyrrole nitrogens is 1. The van der Waals surface area contributed by atoms with Crippen LogP contribution < -0.4 is 0 Å². The van der Waals surface area contributed by atoms with Crippen LogP contribution in [-0.4, -0.2) is 50.0 Å². The van der Waals surface area contributed by atoms with Gasteiger partial charge < -0.3 is 0 Å². The number of rotatable bonds is 5. The largest absolute Gasteiger partial charge is 0.262 e. The number of nitrogens with zero attached hydrogens (tertiary/aromatic N) is 6. The number of halogens is 2. The molecule has 37 heavy (non-hydrogen) atoms. The smallest absolute Gasteiger partial charge is 0.201 e. The molecule has 0 unspecified atom stereocenters. The summed E-state index contributed by atoms with van der Waals surface area (Å²) < 4.78 is 52.2. The highest BCUT2D eigenvalue weighted by molar-refractivity contribution is 7.89. The third-order valence-corrected chi connectivity index (χ3v) is 8.63. The van der Waals surface area contributed by atoms with Gasteiger partial charge in [0.05, 0.1) is 34.3 Å². The van der Waals surface area contributed by atoms with Crippen molar-refractivity contribution in [2.75, 3.05) is 6.26 Å². The van der Waals surface area contributed by atoms with Crippen LogP contribution >= 0.6 is 0 Å². The fourth-order valence-corrected chi connectivity index (χ4v) is 6.78. The molecule has 0 radical (unpaired) electrons. The van der Waals surface area contributed by atoms with Crippen LogP contribution in [0.3, 0.4) is 0 Å². The molecule has 0 amide bonds. The van der Waals surface area contributed by atoms with E-state index in [-0.39, 0.29) is 40.0 Å². The number of sulfone groups is 1. The van der Waals surface area contributed by atoms with Gasteiger partial charge in [0.15, 0.2) is 9.84 Å². The summed E-state index contributed by atoms with van der Waals surface area (Å²) in [6.45, 7) is 4.28. The second-order valence-corrected chi connectivity index (χ2v) is 12.5. The van der Waals surface area contributed by atoms with Crippen LogP contribution in [0.15, 0.2) is 36.7 Å². The Morgan fingerprint density at radius 2 is 1.84 bits per heavy atom. The Labute approximate surface area is 211 Å². The minimum atomic E-state index is -3.29. The van der Waals surface area contributed by atoms with Gasteiger partial charge in [-0.2, -0.15) is 10.2 Å². The molecular weight excluding hydrogens is 500 g/mol. The summed E-state index contributed by atoms with van der Waals surface area (Å²) >= 11 is 0. The zero-order valence-electron chi connectivity index (χ0n) is 20.3. The third kappa shape index (κ3) is 3.49. The van der Waals surface area contributed by atoms with Crippen molar-refractivity contribution >= 4 is 9.84 Å². The van der Waals surface area contributed by atoms with Gasteiger partial charge in [-0.25, -0.2) is 27.2 Å². The topological polar surface area (TPSA) is 127 Å². The number of benzene rings is 1. The molecule has 1 N–H and O–H groups in total. The van der Waals surface area contributed by atoms with Crippen molar-refractivity contribution in [2.45, 2.75) is 43.8 Å². The molecule has 6 rings (SSSR count). The first-order chi connectivity index (χ1) is 17.5. The number of hydrogen-bond donors (Lipinski definition) is 1. The maximum Gasteiger partial charge on any atom is 0.201 e. The average Bonchev–Trinajstić information content (AvgIpc) is 3.45. The molecule has 1 aromatic carbocycles. The molecule has 12 heteroatoms. The van der Waals surface area contributed by atoms with Crippen LogP contribution in [0.1, 0.15) is 55.4 Å². The van der Waals surface area contributed by atoms with E-state index in [4.69, 9.17) is 4.98 Å². The van der Waals surface area contributed by atoms with Crippen LogP contribution in [0, 0.1) is 17.0 Å². The average molecular weight is 524 g/mol. The molecule has 2 aliphatic carbocycles. The van der Waals surface area contributed by atoms with Gasteiger partial charge in [0.2, 0.25) is 5.82 Å². The molecule has 0 aliphatic heterocycles. The van der Waals surface area contributed by atoms with E-state index < -0.39 is 26.9 Å². The molecule has 3 aromatic heterocycles. The van der Waals surface area contributed by atoms with Gasteiger partial charge in [0, 0.05) is 12.5 Å². The van der Waals surface area contributed by atoms with Crippen molar-refractivity contribution in [3.63, 3.8) is 0 Å². The molecule has 2 bridgehead atoms. The summed E-state index contributed by atoms with van der Waals surface area (Å²) in [5.41, 5.74) is 1.72. The van der Waals surface area contributed by atoms with Gasteiger partial charge in [-0.05, 0) is 47.9 Å². The lowest BCUT2D eigenvalue weighted by molar-refractivity contribution is 0.242. The second-order valence-electron chi connectivity index (χ2n) is 10.3. The van der Waals surface area contributed by atoms with Crippen molar-refractivity contribution in [3.05, 3.63) is 71.1 Å². The van der Waals surface area contributed by atoms with E-state index in [1.807, 2.05) is 0 Å². The highest BCUT2D eigenvalue weighted by Crippen LogP contribution is 2.69. The molecule has 2 aliphatic rings. The summed E-state index contributed by atoms with van der Waals surface area (Å²) in [6, 6.07) is 5.48. The molecule has 3 heterocycles. The zero-order chi connectivity index (χ0) is 26.2. The predicted octanol–water partition coefficient (Wildman–Crippen LogP) is 3.74. The van der Waals surface area contributed by atoms with Gasteiger partial charge in [0.1, 0.15) is 28.9 Å². The maximum atomic E-state index is 14.5. The molecule has 4 aromatic rings. The maximum absolute atomic E-state index is 14.5. The summed E-state index contributed by atoms with van der Waals surface area (Å²) in [7, 11) is -3.29. The minimum absolute atomic E-state index is 0.0851. The van der Waals surface area contributed by atoms with Gasteiger partial charge in [-0.15, -0.1) is 5.10 Å². The monoisotopic (exact) mass is 523 g/mol. The van der Waals surface area contributed by atoms with E-state index in [1.165, 1.54) is 24.4 Å². The number of aromatic amines is 1. The Morgan fingerprint density at radius 1 is 1.08 bits per heavy atom. The molecule has 0 spiro atoms. The van der Waals surface area contributed by atoms with Crippen LogP contribution in [0.2, 0.25) is 0 Å². The fourth-order valence-electron chi connectivity index (χ4n) is 6.16. The van der Waals surface area contributed by atoms with Crippen LogP contribution in [0.4, 0.5) is 8.78 Å². The standard InChI is InChI=1S/C25H23F2N7O2S/c1-24(2)14-7-8-25(24,22-13(14)9-17(31-33-22)21-15(26)5-4-6-16(21)27)19-11-28-10-18(29-19)23-30-20(32-34-23)12-37(3,35)36/h4-6,9-11,14H,7-8,12H2,1-3H3,(H,30,32,34)/t14-,25-/m0/s1. The summed E-state index contributed by atoms with van der Waals surface area (Å²) in [4.78, 5) is 13.6. The normalized spacial score (nSPS) is 21.8. The lowest BCUT2D eigenvalue weighted by atomic mass is 9.66. The van der Waals surface area contributed by atoms with E-state index in [0.717, 1.165) is 30.4 Å². The van der Waals surface area contributed by atoms with E-state index in [9.17, 15) is 17.2 Å². The number of fused-ring (bicyclic) bond motifs is 5. The Balaban J connectivity index is 1.45.